The van der Waals surface area contributed by atoms with Crippen LogP contribution in [0.1, 0.15) is 23.6 Å². The summed E-state index contributed by atoms with van der Waals surface area (Å²) in [5, 5.41) is 3.44. The fraction of sp³-hybridized carbons (Fsp3) is 0.150. The molecule has 3 nitrogen and oxygen atoms in total. The molecule has 24 heavy (non-hydrogen) atoms. The molecule has 2 aromatic carbocycles. The van der Waals surface area contributed by atoms with Crippen LogP contribution in [0, 0.1) is 6.92 Å². The molecule has 1 amide bonds. The molecular weight excluding hydrogens is 320 g/mol. The number of para-hydroxylation sites is 1. The fourth-order valence-corrected chi connectivity index (χ4v) is 2.95. The van der Waals surface area contributed by atoms with E-state index < -0.39 is 0 Å². The third kappa shape index (κ3) is 3.87. The quantitative estimate of drug-likeness (QED) is 0.692. The van der Waals surface area contributed by atoms with E-state index in [0.29, 0.717) is 17.1 Å². The van der Waals surface area contributed by atoms with Crippen molar-refractivity contribution in [1.29, 1.82) is 0 Å². The molecule has 0 fully saturated rings. The molecule has 0 bridgehead atoms. The van der Waals surface area contributed by atoms with Crippen LogP contribution in [0.4, 0.5) is 5.69 Å². The first-order chi connectivity index (χ1) is 11.6. The van der Waals surface area contributed by atoms with Gasteiger partial charge in [0, 0.05) is 12.4 Å². The predicted molar refractivity (Wildman–Crippen MR) is 98.4 cm³/mol. The zero-order valence-corrected chi connectivity index (χ0v) is 14.2. The van der Waals surface area contributed by atoms with Gasteiger partial charge in [0.05, 0.1) is 23.2 Å². The van der Waals surface area contributed by atoms with Crippen LogP contribution in [0.2, 0.25) is 5.02 Å². The first-order valence-corrected chi connectivity index (χ1v) is 8.24. The molecule has 122 valence electrons. The number of nitrogens with zero attached hydrogens (tertiary/aromatic N) is 1. The van der Waals surface area contributed by atoms with Crippen molar-refractivity contribution in [2.24, 2.45) is 0 Å². The topological polar surface area (TPSA) is 34.0 Å². The van der Waals surface area contributed by atoms with Gasteiger partial charge in [0.15, 0.2) is 0 Å². The number of aryl methyl sites for hydroxylation is 1. The zero-order valence-electron chi connectivity index (χ0n) is 13.4. The average molecular weight is 339 g/mol. The molecule has 1 aromatic heterocycles. The summed E-state index contributed by atoms with van der Waals surface area (Å²) >= 11 is 6.12. The number of hydrogen-bond donors (Lipinski definition) is 1. The molecule has 0 aliphatic carbocycles. The molecule has 0 unspecified atom stereocenters. The normalized spacial score (nSPS) is 11.9. The Labute approximate surface area is 146 Å². The number of amides is 1. The van der Waals surface area contributed by atoms with Gasteiger partial charge in [-0.3, -0.25) is 4.79 Å². The highest BCUT2D eigenvalue weighted by molar-refractivity contribution is 6.33. The molecule has 1 N–H and O–H groups in total. The minimum atomic E-state index is -0.0664. The Morgan fingerprint density at radius 3 is 2.54 bits per heavy atom. The summed E-state index contributed by atoms with van der Waals surface area (Å²) in [4.78, 5) is 12.5. The van der Waals surface area contributed by atoms with Gasteiger partial charge < -0.3 is 9.88 Å². The van der Waals surface area contributed by atoms with Gasteiger partial charge in [-0.05, 0) is 36.8 Å². The number of nitrogens with one attached hydrogen (secondary N) is 1. The number of hydrogen-bond acceptors (Lipinski definition) is 1. The summed E-state index contributed by atoms with van der Waals surface area (Å²) in [6.07, 6.45) is 4.30. The maximum absolute atomic E-state index is 12.5. The molecule has 3 rings (SSSR count). The number of carbonyl (C=O) groups excluding carboxylic acids is 1. The van der Waals surface area contributed by atoms with E-state index in [1.165, 1.54) is 5.56 Å². The Morgan fingerprint density at radius 1 is 1.08 bits per heavy atom. The van der Waals surface area contributed by atoms with E-state index in [1.54, 1.807) is 12.1 Å². The van der Waals surface area contributed by atoms with Crippen LogP contribution in [0.3, 0.4) is 0 Å². The van der Waals surface area contributed by atoms with Crippen LogP contribution in [0.15, 0.2) is 73.1 Å². The monoisotopic (exact) mass is 338 g/mol. The van der Waals surface area contributed by atoms with Gasteiger partial charge in [-0.2, -0.15) is 0 Å². The number of benzene rings is 2. The van der Waals surface area contributed by atoms with E-state index >= 15 is 0 Å². The highest BCUT2D eigenvalue weighted by Gasteiger charge is 2.18. The highest BCUT2D eigenvalue weighted by Crippen LogP contribution is 2.25. The van der Waals surface area contributed by atoms with E-state index in [2.05, 4.69) is 35.0 Å². The molecule has 0 saturated heterocycles. The van der Waals surface area contributed by atoms with Gasteiger partial charge in [-0.1, -0.05) is 53.6 Å². The lowest BCUT2D eigenvalue weighted by molar-refractivity contribution is -0.116. The minimum absolute atomic E-state index is 0.0533. The second-order valence-corrected chi connectivity index (χ2v) is 6.20. The fourth-order valence-electron chi connectivity index (χ4n) is 2.77. The Morgan fingerprint density at radius 2 is 1.83 bits per heavy atom. The van der Waals surface area contributed by atoms with Crippen LogP contribution in [-0.2, 0) is 4.79 Å². The van der Waals surface area contributed by atoms with Crippen LogP contribution < -0.4 is 5.32 Å². The molecule has 0 radical (unpaired) electrons. The Bertz CT molecular complexity index is 827. The lowest BCUT2D eigenvalue weighted by Gasteiger charge is -2.20. The Kier molecular flexibility index (Phi) is 5.02. The first-order valence-electron chi connectivity index (χ1n) is 7.87. The molecular formula is C20H19ClN2O. The number of aromatic nitrogens is 1. The van der Waals surface area contributed by atoms with Gasteiger partial charge in [-0.25, -0.2) is 0 Å². The van der Waals surface area contributed by atoms with Crippen molar-refractivity contribution in [3.05, 3.63) is 89.2 Å². The van der Waals surface area contributed by atoms with Crippen LogP contribution in [-0.4, -0.2) is 10.5 Å². The van der Waals surface area contributed by atoms with Crippen molar-refractivity contribution in [1.82, 2.24) is 4.57 Å². The van der Waals surface area contributed by atoms with Crippen molar-refractivity contribution >= 4 is 23.2 Å². The van der Waals surface area contributed by atoms with Crippen molar-refractivity contribution in [3.63, 3.8) is 0 Å². The molecule has 3 aromatic rings. The van der Waals surface area contributed by atoms with Gasteiger partial charge in [0.1, 0.15) is 0 Å². The first kappa shape index (κ1) is 16.3. The molecule has 4 heteroatoms. The van der Waals surface area contributed by atoms with Crippen LogP contribution in [0.5, 0.6) is 0 Å². The number of anilines is 1. The summed E-state index contributed by atoms with van der Waals surface area (Å²) in [6.45, 7) is 2.06. The standard InChI is InChI=1S/C20H19ClN2O/c1-15-7-6-8-16(13-15)19(23-11-4-5-12-23)14-20(24)22-18-10-3-2-9-17(18)21/h2-13,19H,14H2,1H3,(H,22,24)/t19-/m0/s1. The third-order valence-corrected chi connectivity index (χ3v) is 4.27. The zero-order chi connectivity index (χ0) is 16.9. The molecule has 0 spiro atoms. The largest absolute Gasteiger partial charge is 0.346 e. The van der Waals surface area contributed by atoms with Gasteiger partial charge in [0.25, 0.3) is 0 Å². The van der Waals surface area contributed by atoms with Crippen molar-refractivity contribution in [2.45, 2.75) is 19.4 Å². The molecule has 1 heterocycles. The summed E-state index contributed by atoms with van der Waals surface area (Å²) in [5.74, 6) is -0.0664. The van der Waals surface area contributed by atoms with Crippen LogP contribution >= 0.6 is 11.6 Å². The second-order valence-electron chi connectivity index (χ2n) is 5.79. The van der Waals surface area contributed by atoms with Crippen molar-refractivity contribution in [2.75, 3.05) is 5.32 Å². The smallest absolute Gasteiger partial charge is 0.226 e. The van der Waals surface area contributed by atoms with E-state index in [4.69, 9.17) is 11.6 Å². The minimum Gasteiger partial charge on any atom is -0.346 e. The van der Waals surface area contributed by atoms with E-state index in [0.717, 1.165) is 5.56 Å². The molecule has 0 saturated carbocycles. The SMILES string of the molecule is Cc1cccc([C@H](CC(=O)Nc2ccccc2Cl)n2cccc2)c1. The molecule has 1 atom stereocenters. The lowest BCUT2D eigenvalue weighted by atomic mass is 10.0. The maximum Gasteiger partial charge on any atom is 0.226 e. The van der Waals surface area contributed by atoms with E-state index in [9.17, 15) is 4.79 Å². The lowest BCUT2D eigenvalue weighted by Crippen LogP contribution is -2.19. The molecule has 0 aliphatic rings. The Balaban J connectivity index is 1.82. The summed E-state index contributed by atoms with van der Waals surface area (Å²) in [7, 11) is 0. The van der Waals surface area contributed by atoms with E-state index in [1.807, 2.05) is 42.7 Å². The average Bonchev–Trinajstić information content (AvgIpc) is 3.09. The van der Waals surface area contributed by atoms with Crippen molar-refractivity contribution < 1.29 is 4.79 Å². The van der Waals surface area contributed by atoms with Gasteiger partial charge >= 0.3 is 0 Å². The van der Waals surface area contributed by atoms with Crippen LogP contribution in [0.25, 0.3) is 0 Å². The second kappa shape index (κ2) is 7.37. The third-order valence-electron chi connectivity index (χ3n) is 3.94. The summed E-state index contributed by atoms with van der Waals surface area (Å²) < 4.78 is 2.06. The maximum atomic E-state index is 12.5. The highest BCUT2D eigenvalue weighted by atomic mass is 35.5. The molecule has 0 aliphatic heterocycles. The number of rotatable bonds is 5. The van der Waals surface area contributed by atoms with Gasteiger partial charge in [0.2, 0.25) is 5.91 Å². The number of carbonyl (C=O) groups is 1. The summed E-state index contributed by atoms with van der Waals surface area (Å²) in [6, 6.07) is 19.4. The Hall–Kier alpha value is -2.52. The number of halogens is 1. The summed E-state index contributed by atoms with van der Waals surface area (Å²) in [5.41, 5.74) is 2.93. The van der Waals surface area contributed by atoms with Gasteiger partial charge in [-0.15, -0.1) is 0 Å². The predicted octanol–water partition coefficient (Wildman–Crippen LogP) is 5.07. The van der Waals surface area contributed by atoms with Crippen molar-refractivity contribution in [3.8, 4) is 0 Å². The van der Waals surface area contributed by atoms with E-state index in [-0.39, 0.29) is 11.9 Å².